The Bertz CT molecular complexity index is 404. The fraction of sp³-hybridized carbons (Fsp3) is 0.333. The lowest BCUT2D eigenvalue weighted by Gasteiger charge is -2.10. The number of halogens is 3. The van der Waals surface area contributed by atoms with Crippen LogP contribution in [0.25, 0.3) is 0 Å². The second-order valence-corrected chi connectivity index (χ2v) is 2.88. The highest BCUT2D eigenvalue weighted by atomic mass is 35.5. The average molecular weight is 233 g/mol. The first-order valence-electron chi connectivity index (χ1n) is 3.95. The highest BCUT2D eigenvalue weighted by Gasteiger charge is 2.22. The molecule has 1 aromatic heterocycles. The molecule has 15 heavy (non-hydrogen) atoms. The Hall–Kier alpha value is -1.41. The van der Waals surface area contributed by atoms with Crippen molar-refractivity contribution in [2.75, 3.05) is 7.11 Å². The van der Waals surface area contributed by atoms with E-state index in [1.165, 1.54) is 7.11 Å². The standard InChI is InChI=1S/C9H7ClF2N2O/c1-15-7-4-14-6(2-10)5(3-13)8(7)9(11)12/h4,9H,2H2,1H3. The van der Waals surface area contributed by atoms with Crippen molar-refractivity contribution in [3.63, 3.8) is 0 Å². The lowest BCUT2D eigenvalue weighted by molar-refractivity contribution is 0.146. The van der Waals surface area contributed by atoms with Gasteiger partial charge in [0.05, 0.1) is 36.0 Å². The van der Waals surface area contributed by atoms with Crippen LogP contribution in [0.5, 0.6) is 5.75 Å². The van der Waals surface area contributed by atoms with Gasteiger partial charge in [0.2, 0.25) is 0 Å². The van der Waals surface area contributed by atoms with Crippen LogP contribution in [0, 0.1) is 11.3 Å². The molecule has 0 aliphatic rings. The van der Waals surface area contributed by atoms with Gasteiger partial charge in [0.15, 0.2) is 0 Å². The van der Waals surface area contributed by atoms with Gasteiger partial charge in [-0.3, -0.25) is 4.98 Å². The Morgan fingerprint density at radius 3 is 2.73 bits per heavy atom. The van der Waals surface area contributed by atoms with Crippen LogP contribution in [0.15, 0.2) is 6.20 Å². The van der Waals surface area contributed by atoms with Crippen molar-refractivity contribution >= 4 is 11.6 Å². The number of aromatic nitrogens is 1. The molecular weight excluding hydrogens is 226 g/mol. The zero-order valence-electron chi connectivity index (χ0n) is 7.80. The number of ether oxygens (including phenoxy) is 1. The van der Waals surface area contributed by atoms with Gasteiger partial charge < -0.3 is 4.74 Å². The SMILES string of the molecule is COc1cnc(CCl)c(C#N)c1C(F)F. The van der Waals surface area contributed by atoms with E-state index in [1.54, 1.807) is 6.07 Å². The van der Waals surface area contributed by atoms with E-state index in [1.807, 2.05) is 0 Å². The highest BCUT2D eigenvalue weighted by molar-refractivity contribution is 6.17. The van der Waals surface area contributed by atoms with Crippen LogP contribution in [0.2, 0.25) is 0 Å². The van der Waals surface area contributed by atoms with Crippen molar-refractivity contribution < 1.29 is 13.5 Å². The first-order chi connectivity index (χ1) is 7.15. The summed E-state index contributed by atoms with van der Waals surface area (Å²) in [5.41, 5.74) is -0.528. The van der Waals surface area contributed by atoms with Crippen molar-refractivity contribution in [2.45, 2.75) is 12.3 Å². The normalized spacial score (nSPS) is 10.1. The van der Waals surface area contributed by atoms with E-state index in [9.17, 15) is 8.78 Å². The molecule has 0 saturated carbocycles. The van der Waals surface area contributed by atoms with Crippen LogP contribution in [-0.4, -0.2) is 12.1 Å². The summed E-state index contributed by atoms with van der Waals surface area (Å²) >= 11 is 5.48. The van der Waals surface area contributed by atoms with Crippen molar-refractivity contribution in [3.05, 3.63) is 23.0 Å². The van der Waals surface area contributed by atoms with Crippen molar-refractivity contribution in [3.8, 4) is 11.8 Å². The second-order valence-electron chi connectivity index (χ2n) is 2.61. The van der Waals surface area contributed by atoms with E-state index >= 15 is 0 Å². The smallest absolute Gasteiger partial charge is 0.268 e. The van der Waals surface area contributed by atoms with Crippen molar-refractivity contribution in [1.29, 1.82) is 5.26 Å². The summed E-state index contributed by atoms with van der Waals surface area (Å²) in [6.07, 6.45) is -1.65. The van der Waals surface area contributed by atoms with Crippen molar-refractivity contribution in [1.82, 2.24) is 4.98 Å². The van der Waals surface area contributed by atoms with Crippen LogP contribution in [0.1, 0.15) is 23.2 Å². The van der Waals surface area contributed by atoms with E-state index in [0.29, 0.717) is 0 Å². The van der Waals surface area contributed by atoms with Crippen LogP contribution in [-0.2, 0) is 5.88 Å². The van der Waals surface area contributed by atoms with Gasteiger partial charge in [-0.1, -0.05) is 0 Å². The third-order valence-corrected chi connectivity index (χ3v) is 2.09. The maximum absolute atomic E-state index is 12.7. The number of rotatable bonds is 3. The second kappa shape index (κ2) is 4.89. The fourth-order valence-corrected chi connectivity index (χ4v) is 1.36. The number of nitrogens with zero attached hydrogens (tertiary/aromatic N) is 2. The van der Waals surface area contributed by atoms with Gasteiger partial charge in [-0.05, 0) is 0 Å². The van der Waals surface area contributed by atoms with Gasteiger partial charge in [-0.25, -0.2) is 8.78 Å². The van der Waals surface area contributed by atoms with E-state index in [0.717, 1.165) is 6.20 Å². The molecule has 0 aromatic carbocycles. The summed E-state index contributed by atoms with van der Waals surface area (Å²) in [4.78, 5) is 3.77. The summed E-state index contributed by atoms with van der Waals surface area (Å²) in [5, 5.41) is 8.76. The molecule has 0 N–H and O–H groups in total. The molecule has 0 fully saturated rings. The molecule has 0 amide bonds. The van der Waals surface area contributed by atoms with E-state index in [2.05, 4.69) is 4.98 Å². The van der Waals surface area contributed by atoms with Crippen molar-refractivity contribution in [2.24, 2.45) is 0 Å². The lowest BCUT2D eigenvalue weighted by Crippen LogP contribution is -2.02. The zero-order valence-corrected chi connectivity index (χ0v) is 8.55. The molecule has 0 spiro atoms. The van der Waals surface area contributed by atoms with Gasteiger partial charge >= 0.3 is 0 Å². The molecule has 1 rings (SSSR count). The minimum absolute atomic E-state index is 0.0907. The molecular formula is C9H7ClF2N2O. The molecule has 1 aromatic rings. The summed E-state index contributed by atoms with van der Waals surface area (Å²) < 4.78 is 30.1. The number of alkyl halides is 3. The molecule has 0 radical (unpaired) electrons. The third kappa shape index (κ3) is 2.16. The Morgan fingerprint density at radius 2 is 2.33 bits per heavy atom. The quantitative estimate of drug-likeness (QED) is 0.753. The maximum atomic E-state index is 12.7. The first-order valence-corrected chi connectivity index (χ1v) is 4.49. The van der Waals surface area contributed by atoms with Crippen LogP contribution in [0.3, 0.4) is 0 Å². The Labute approximate surface area is 90.3 Å². The van der Waals surface area contributed by atoms with Crippen LogP contribution >= 0.6 is 11.6 Å². The number of methoxy groups -OCH3 is 1. The maximum Gasteiger partial charge on any atom is 0.268 e. The number of hydrogen-bond acceptors (Lipinski definition) is 3. The molecule has 0 bridgehead atoms. The number of nitriles is 1. The average Bonchev–Trinajstić information content (AvgIpc) is 2.26. The molecule has 0 atom stereocenters. The molecule has 80 valence electrons. The lowest BCUT2D eigenvalue weighted by atomic mass is 10.1. The minimum Gasteiger partial charge on any atom is -0.495 e. The molecule has 3 nitrogen and oxygen atoms in total. The van der Waals surface area contributed by atoms with Crippen LogP contribution in [0.4, 0.5) is 8.78 Å². The summed E-state index contributed by atoms with van der Waals surface area (Å²) in [5.74, 6) is -0.192. The predicted octanol–water partition coefficient (Wildman–Crippen LogP) is 2.64. The largest absolute Gasteiger partial charge is 0.495 e. The van der Waals surface area contributed by atoms with E-state index in [-0.39, 0.29) is 22.9 Å². The number of pyridine rings is 1. The van der Waals surface area contributed by atoms with Gasteiger partial charge in [-0.2, -0.15) is 5.26 Å². The monoisotopic (exact) mass is 232 g/mol. The number of hydrogen-bond donors (Lipinski definition) is 0. The molecule has 0 aliphatic carbocycles. The van der Waals surface area contributed by atoms with Gasteiger partial charge in [0, 0.05) is 0 Å². The highest BCUT2D eigenvalue weighted by Crippen LogP contribution is 2.32. The minimum atomic E-state index is -2.79. The Balaban J connectivity index is 3.46. The van der Waals surface area contributed by atoms with Gasteiger partial charge in [-0.15, -0.1) is 11.6 Å². The summed E-state index contributed by atoms with van der Waals surface area (Å²) in [6.45, 7) is 0. The summed E-state index contributed by atoms with van der Waals surface area (Å²) in [6, 6.07) is 1.66. The Morgan fingerprint density at radius 1 is 1.67 bits per heavy atom. The first kappa shape index (κ1) is 11.7. The Kier molecular flexibility index (Phi) is 3.81. The predicted molar refractivity (Wildman–Crippen MR) is 50.0 cm³/mol. The topological polar surface area (TPSA) is 45.9 Å². The van der Waals surface area contributed by atoms with Crippen LogP contribution < -0.4 is 4.74 Å². The van der Waals surface area contributed by atoms with Gasteiger partial charge in [0.1, 0.15) is 11.8 Å². The molecule has 1 heterocycles. The molecule has 0 aliphatic heterocycles. The fourth-order valence-electron chi connectivity index (χ4n) is 1.15. The zero-order chi connectivity index (χ0) is 11.4. The molecule has 0 saturated heterocycles. The summed E-state index contributed by atoms with van der Waals surface area (Å²) in [7, 11) is 1.24. The molecule has 0 unspecified atom stereocenters. The van der Waals surface area contributed by atoms with E-state index in [4.69, 9.17) is 21.6 Å². The molecule has 6 heteroatoms. The van der Waals surface area contributed by atoms with Gasteiger partial charge in [0.25, 0.3) is 6.43 Å². The van der Waals surface area contributed by atoms with E-state index < -0.39 is 12.0 Å². The third-order valence-electron chi connectivity index (χ3n) is 1.84.